The van der Waals surface area contributed by atoms with Crippen LogP contribution in [0.5, 0.6) is 0 Å². The highest BCUT2D eigenvalue weighted by atomic mass is 16.2. The Morgan fingerprint density at radius 1 is 0.966 bits per heavy atom. The van der Waals surface area contributed by atoms with Crippen molar-refractivity contribution < 1.29 is 4.79 Å². The number of hydrogen-bond acceptors (Lipinski definition) is 5. The van der Waals surface area contributed by atoms with Crippen LogP contribution < -0.4 is 11.0 Å². The van der Waals surface area contributed by atoms with Crippen LogP contribution in [0.2, 0.25) is 0 Å². The van der Waals surface area contributed by atoms with Crippen LogP contribution in [0.4, 0.5) is 0 Å². The molecule has 1 aromatic carbocycles. The zero-order valence-corrected chi connectivity index (χ0v) is 15.1. The molecular formula is C21H14N6O2. The summed E-state index contributed by atoms with van der Waals surface area (Å²) >= 11 is 0. The van der Waals surface area contributed by atoms with Gasteiger partial charge in [0.25, 0.3) is 11.5 Å². The third-order valence-corrected chi connectivity index (χ3v) is 4.63. The van der Waals surface area contributed by atoms with Crippen LogP contribution in [0.3, 0.4) is 0 Å². The largest absolute Gasteiger partial charge is 0.280 e. The van der Waals surface area contributed by atoms with Gasteiger partial charge in [-0.1, -0.05) is 30.3 Å². The number of fused-ring (bicyclic) bond motifs is 3. The molecule has 0 fully saturated rings. The highest BCUT2D eigenvalue weighted by Gasteiger charge is 2.14. The van der Waals surface area contributed by atoms with Crippen LogP contribution in [-0.2, 0) is 0 Å². The maximum Gasteiger partial charge on any atom is 0.280 e. The Morgan fingerprint density at radius 2 is 1.83 bits per heavy atom. The zero-order valence-electron chi connectivity index (χ0n) is 15.1. The van der Waals surface area contributed by atoms with E-state index in [2.05, 4.69) is 20.5 Å². The van der Waals surface area contributed by atoms with Crippen LogP contribution in [-0.4, -0.2) is 30.2 Å². The molecule has 4 heterocycles. The summed E-state index contributed by atoms with van der Waals surface area (Å²) in [6.45, 7) is 0. The first-order chi connectivity index (χ1) is 14.2. The van der Waals surface area contributed by atoms with Gasteiger partial charge < -0.3 is 0 Å². The molecule has 8 heteroatoms. The fourth-order valence-electron chi connectivity index (χ4n) is 3.20. The molecule has 4 aromatic heterocycles. The van der Waals surface area contributed by atoms with Crippen molar-refractivity contribution in [3.05, 3.63) is 95.4 Å². The van der Waals surface area contributed by atoms with E-state index in [0.29, 0.717) is 22.1 Å². The van der Waals surface area contributed by atoms with E-state index < -0.39 is 11.5 Å². The first kappa shape index (κ1) is 16.8. The number of hydrogen-bond donors (Lipinski definition) is 1. The number of aromatic nitrogens is 5. The van der Waals surface area contributed by atoms with E-state index in [1.165, 1.54) is 18.6 Å². The van der Waals surface area contributed by atoms with E-state index in [1.54, 1.807) is 35.1 Å². The van der Waals surface area contributed by atoms with Crippen molar-refractivity contribution in [2.75, 3.05) is 5.43 Å². The highest BCUT2D eigenvalue weighted by molar-refractivity contribution is 5.99. The lowest BCUT2D eigenvalue weighted by Gasteiger charge is -2.09. The van der Waals surface area contributed by atoms with E-state index in [9.17, 15) is 9.59 Å². The molecule has 1 amide bonds. The Bertz CT molecular complexity index is 1410. The van der Waals surface area contributed by atoms with Crippen LogP contribution in [0, 0.1) is 0 Å². The molecule has 0 aliphatic rings. The third kappa shape index (κ3) is 2.83. The molecule has 0 radical (unpaired) electrons. The molecule has 5 rings (SSSR count). The third-order valence-electron chi connectivity index (χ3n) is 4.63. The Kier molecular flexibility index (Phi) is 3.87. The minimum absolute atomic E-state index is 0.342. The van der Waals surface area contributed by atoms with Gasteiger partial charge in [0.1, 0.15) is 0 Å². The van der Waals surface area contributed by atoms with E-state index in [4.69, 9.17) is 0 Å². The molecule has 0 aliphatic carbocycles. The summed E-state index contributed by atoms with van der Waals surface area (Å²) in [6.07, 6.45) is 7.74. The van der Waals surface area contributed by atoms with Gasteiger partial charge in [-0.05, 0) is 23.8 Å². The standard InChI is InChI=1S/C21H14N6O2/c28-20(15-7-4-9-22-11-15)25-26-10-8-18-17(21(26)29)12-23-19-16(13-24-27(18)19)14-5-2-1-3-6-14/h1-13H,(H,25,28). The Morgan fingerprint density at radius 3 is 2.62 bits per heavy atom. The number of rotatable bonds is 3. The van der Waals surface area contributed by atoms with E-state index >= 15 is 0 Å². The summed E-state index contributed by atoms with van der Waals surface area (Å²) < 4.78 is 2.76. The molecule has 0 aliphatic heterocycles. The van der Waals surface area contributed by atoms with Gasteiger partial charge in [-0.3, -0.25) is 20.0 Å². The van der Waals surface area contributed by atoms with Crippen molar-refractivity contribution in [1.29, 1.82) is 0 Å². The molecule has 1 N–H and O–H groups in total. The minimum Gasteiger partial charge on any atom is -0.267 e. The summed E-state index contributed by atoms with van der Waals surface area (Å²) in [5.41, 5.74) is 5.65. The molecule has 0 unspecified atom stereocenters. The van der Waals surface area contributed by atoms with Gasteiger partial charge >= 0.3 is 0 Å². The molecule has 8 nitrogen and oxygen atoms in total. The Hall–Kier alpha value is -4.33. The zero-order chi connectivity index (χ0) is 19.8. The number of pyridine rings is 2. The summed E-state index contributed by atoms with van der Waals surface area (Å²) in [7, 11) is 0. The normalized spacial score (nSPS) is 11.0. The van der Waals surface area contributed by atoms with Crippen LogP contribution >= 0.6 is 0 Å². The minimum atomic E-state index is -0.431. The van der Waals surface area contributed by atoms with Crippen molar-refractivity contribution in [2.45, 2.75) is 0 Å². The van der Waals surface area contributed by atoms with Gasteiger partial charge in [0.15, 0.2) is 5.65 Å². The molecule has 0 spiro atoms. The molecule has 0 bridgehead atoms. The van der Waals surface area contributed by atoms with Crippen LogP contribution in [0.15, 0.2) is 84.3 Å². The van der Waals surface area contributed by atoms with Crippen molar-refractivity contribution in [1.82, 2.24) is 24.3 Å². The quantitative estimate of drug-likeness (QED) is 0.517. The predicted octanol–water partition coefficient (Wildman–Crippen LogP) is 2.49. The fraction of sp³-hybridized carbons (Fsp3) is 0. The summed E-state index contributed by atoms with van der Waals surface area (Å²) in [4.78, 5) is 33.6. The average molecular weight is 382 g/mol. The second-order valence-electron chi connectivity index (χ2n) is 6.39. The number of amides is 1. The van der Waals surface area contributed by atoms with Crippen molar-refractivity contribution in [3.8, 4) is 11.1 Å². The summed E-state index contributed by atoms with van der Waals surface area (Å²) in [6, 6.07) is 14.8. The van der Waals surface area contributed by atoms with Crippen LogP contribution in [0.25, 0.3) is 27.7 Å². The van der Waals surface area contributed by atoms with E-state index in [-0.39, 0.29) is 0 Å². The first-order valence-electron chi connectivity index (χ1n) is 8.87. The molecule has 29 heavy (non-hydrogen) atoms. The Balaban J connectivity index is 1.59. The topological polar surface area (TPSA) is 94.2 Å². The predicted molar refractivity (Wildman–Crippen MR) is 108 cm³/mol. The van der Waals surface area contributed by atoms with Gasteiger partial charge in [0, 0.05) is 30.4 Å². The number of carbonyl (C=O) groups excluding carboxylic acids is 1. The molecule has 0 saturated heterocycles. The van der Waals surface area contributed by atoms with Gasteiger partial charge in [0.05, 0.1) is 22.7 Å². The summed E-state index contributed by atoms with van der Waals surface area (Å²) in [5, 5.41) is 4.75. The molecule has 5 aromatic rings. The van der Waals surface area contributed by atoms with E-state index in [1.807, 2.05) is 30.3 Å². The number of benzene rings is 1. The molecular weight excluding hydrogens is 368 g/mol. The number of nitrogens with zero attached hydrogens (tertiary/aromatic N) is 5. The Labute approximate surface area is 164 Å². The molecule has 0 saturated carbocycles. The van der Waals surface area contributed by atoms with Gasteiger partial charge in [0.2, 0.25) is 0 Å². The number of nitrogens with one attached hydrogen (secondary N) is 1. The average Bonchev–Trinajstić information content (AvgIpc) is 3.21. The van der Waals surface area contributed by atoms with Gasteiger partial charge in [-0.15, -0.1) is 0 Å². The van der Waals surface area contributed by atoms with Gasteiger partial charge in [-0.25, -0.2) is 14.2 Å². The lowest BCUT2D eigenvalue weighted by molar-refractivity contribution is 0.101. The van der Waals surface area contributed by atoms with Crippen molar-refractivity contribution in [3.63, 3.8) is 0 Å². The monoisotopic (exact) mass is 382 g/mol. The maximum absolute atomic E-state index is 12.9. The van der Waals surface area contributed by atoms with Gasteiger partial charge in [-0.2, -0.15) is 5.10 Å². The van der Waals surface area contributed by atoms with Crippen LogP contribution in [0.1, 0.15) is 10.4 Å². The number of carbonyl (C=O) groups is 1. The second kappa shape index (κ2) is 6.68. The second-order valence-corrected chi connectivity index (χ2v) is 6.39. The SMILES string of the molecule is O=C(Nn1ccc2c(cnc3c(-c4ccccc4)cnn32)c1=O)c1cccnc1. The first-order valence-corrected chi connectivity index (χ1v) is 8.87. The fourth-order valence-corrected chi connectivity index (χ4v) is 3.20. The molecule has 0 atom stereocenters. The summed E-state index contributed by atoms with van der Waals surface area (Å²) in [5.74, 6) is -0.431. The van der Waals surface area contributed by atoms with Crippen molar-refractivity contribution in [2.24, 2.45) is 0 Å². The maximum atomic E-state index is 12.9. The lowest BCUT2D eigenvalue weighted by Crippen LogP contribution is -2.33. The highest BCUT2D eigenvalue weighted by Crippen LogP contribution is 2.24. The lowest BCUT2D eigenvalue weighted by atomic mass is 10.1. The van der Waals surface area contributed by atoms with E-state index in [0.717, 1.165) is 15.8 Å². The molecule has 140 valence electrons. The van der Waals surface area contributed by atoms with Crippen molar-refractivity contribution >= 4 is 22.5 Å². The smallest absolute Gasteiger partial charge is 0.267 e.